The van der Waals surface area contributed by atoms with Crippen LogP contribution in [0.15, 0.2) is 12.5 Å². The summed E-state index contributed by atoms with van der Waals surface area (Å²) in [5.41, 5.74) is 5.52. The minimum atomic E-state index is -3.79. The summed E-state index contributed by atoms with van der Waals surface area (Å²) in [5.74, 6) is 0.208. The van der Waals surface area contributed by atoms with Gasteiger partial charge in [-0.2, -0.15) is 10.4 Å². The fourth-order valence-corrected chi connectivity index (χ4v) is 5.06. The molecule has 2 N–H and O–H groups in total. The summed E-state index contributed by atoms with van der Waals surface area (Å²) in [4.78, 5) is 8.12. The van der Waals surface area contributed by atoms with Crippen molar-refractivity contribution in [3.63, 3.8) is 0 Å². The van der Waals surface area contributed by atoms with Crippen LogP contribution in [0.5, 0.6) is 0 Å². The first-order chi connectivity index (χ1) is 12.8. The molecule has 5 atom stereocenters. The number of fused-ring (bicyclic) bond motifs is 2. The van der Waals surface area contributed by atoms with Crippen LogP contribution in [0, 0.1) is 16.7 Å². The van der Waals surface area contributed by atoms with Gasteiger partial charge in [0.15, 0.2) is 11.5 Å². The highest BCUT2D eigenvalue weighted by molar-refractivity contribution is 7.48. The first-order valence-electron chi connectivity index (χ1n) is 8.39. The van der Waals surface area contributed by atoms with Crippen LogP contribution in [0.3, 0.4) is 0 Å². The van der Waals surface area contributed by atoms with Crippen molar-refractivity contribution >= 4 is 19.3 Å². The normalized spacial score (nSPS) is 36.0. The van der Waals surface area contributed by atoms with E-state index in [1.165, 1.54) is 17.0 Å². The quantitative estimate of drug-likeness (QED) is 0.762. The van der Waals surface area contributed by atoms with Gasteiger partial charge in [0.05, 0.1) is 30.7 Å². The van der Waals surface area contributed by atoms with Gasteiger partial charge in [-0.3, -0.25) is 13.6 Å². The van der Waals surface area contributed by atoms with Gasteiger partial charge in [-0.05, 0) is 20.8 Å². The molecule has 12 heteroatoms. The molecule has 0 bridgehead atoms. The number of aromatic nitrogens is 4. The summed E-state index contributed by atoms with van der Waals surface area (Å²) in [6.45, 7) is 5.10. The average molecular weight is 394 g/mol. The van der Waals surface area contributed by atoms with Crippen molar-refractivity contribution < 1.29 is 22.9 Å². The van der Waals surface area contributed by atoms with Gasteiger partial charge in [0, 0.05) is 0 Å². The minimum Gasteiger partial charge on any atom is -0.381 e. The number of imidazole rings is 1. The largest absolute Gasteiger partial charge is 0.475 e. The van der Waals surface area contributed by atoms with Crippen molar-refractivity contribution in [1.82, 2.24) is 19.6 Å². The molecule has 0 spiro atoms. The molecule has 4 rings (SSSR count). The number of nitrogens with zero attached hydrogens (tertiary/aromatic N) is 5. The minimum absolute atomic E-state index is 0.0176. The highest BCUT2D eigenvalue weighted by atomic mass is 31.2. The SMILES string of the molecule is CC(C)O[P@]1(=O)OC[C@H]2O[C@@H](c3cnc4c(N)ncnn34)[C@](C)(C#N)[C@@H]2O1. The zero-order valence-corrected chi connectivity index (χ0v) is 15.9. The monoisotopic (exact) mass is 394 g/mol. The Labute approximate surface area is 155 Å². The Balaban J connectivity index is 1.73. The lowest BCUT2D eigenvalue weighted by Crippen LogP contribution is -2.42. The van der Waals surface area contributed by atoms with Gasteiger partial charge in [-0.1, -0.05) is 0 Å². The maximum absolute atomic E-state index is 12.8. The summed E-state index contributed by atoms with van der Waals surface area (Å²) in [6.07, 6.45) is 0.304. The molecule has 2 aromatic rings. The van der Waals surface area contributed by atoms with E-state index < -0.39 is 31.5 Å². The topological polar surface area (TPSA) is 147 Å². The van der Waals surface area contributed by atoms with E-state index in [0.29, 0.717) is 11.3 Å². The Morgan fingerprint density at radius 1 is 1.52 bits per heavy atom. The van der Waals surface area contributed by atoms with Crippen LogP contribution < -0.4 is 5.73 Å². The molecule has 144 valence electrons. The van der Waals surface area contributed by atoms with Crippen molar-refractivity contribution in [3.05, 3.63) is 18.2 Å². The molecule has 0 aliphatic carbocycles. The number of rotatable bonds is 3. The molecule has 2 aliphatic heterocycles. The molecule has 0 aromatic carbocycles. The summed E-state index contributed by atoms with van der Waals surface area (Å²) >= 11 is 0. The predicted molar refractivity (Wildman–Crippen MR) is 91.2 cm³/mol. The van der Waals surface area contributed by atoms with Crippen molar-refractivity contribution in [3.8, 4) is 6.07 Å². The number of nitrogen functional groups attached to an aromatic ring is 1. The molecular weight excluding hydrogens is 375 g/mol. The number of phosphoric ester groups is 1. The third kappa shape index (κ3) is 2.81. The van der Waals surface area contributed by atoms with Crippen LogP contribution in [-0.2, 0) is 22.9 Å². The highest BCUT2D eigenvalue weighted by Crippen LogP contribution is 2.62. The zero-order chi connectivity index (χ0) is 19.4. The number of hydrogen-bond acceptors (Lipinski definition) is 10. The maximum atomic E-state index is 12.8. The first kappa shape index (κ1) is 18.3. The lowest BCUT2D eigenvalue weighted by Gasteiger charge is -2.34. The number of phosphoric acid groups is 1. The summed E-state index contributed by atoms with van der Waals surface area (Å²) in [7, 11) is -3.79. The molecule has 2 saturated heterocycles. The van der Waals surface area contributed by atoms with Gasteiger partial charge in [-0.25, -0.2) is 19.0 Å². The zero-order valence-electron chi connectivity index (χ0n) is 15.0. The molecule has 2 aliphatic rings. The number of nitrogens with two attached hydrogens (primary N) is 1. The lowest BCUT2D eigenvalue weighted by atomic mass is 9.80. The molecule has 0 saturated carbocycles. The van der Waals surface area contributed by atoms with Crippen molar-refractivity contribution in [2.75, 3.05) is 12.3 Å². The lowest BCUT2D eigenvalue weighted by molar-refractivity contribution is -0.0640. The van der Waals surface area contributed by atoms with Crippen LogP contribution in [0.1, 0.15) is 32.6 Å². The summed E-state index contributed by atoms with van der Waals surface area (Å²) in [5, 5.41) is 14.1. The average Bonchev–Trinajstić information content (AvgIpc) is 3.15. The van der Waals surface area contributed by atoms with Gasteiger partial charge in [0.2, 0.25) is 0 Å². The van der Waals surface area contributed by atoms with Crippen LogP contribution in [0.4, 0.5) is 5.82 Å². The van der Waals surface area contributed by atoms with Gasteiger partial charge in [0.25, 0.3) is 0 Å². The summed E-state index contributed by atoms with van der Waals surface area (Å²) < 4.78 is 36.6. The molecule has 0 unspecified atom stereocenters. The number of ether oxygens (including phenoxy) is 1. The van der Waals surface area contributed by atoms with Gasteiger partial charge >= 0.3 is 7.82 Å². The number of hydrogen-bond donors (Lipinski definition) is 1. The maximum Gasteiger partial charge on any atom is 0.475 e. The molecule has 0 radical (unpaired) electrons. The van der Waals surface area contributed by atoms with Crippen LogP contribution in [-0.4, -0.2) is 44.5 Å². The molecule has 2 fully saturated rings. The van der Waals surface area contributed by atoms with Gasteiger partial charge in [-0.15, -0.1) is 0 Å². The van der Waals surface area contributed by atoms with E-state index in [4.69, 9.17) is 24.0 Å². The third-order valence-corrected chi connectivity index (χ3v) is 6.26. The van der Waals surface area contributed by atoms with E-state index in [9.17, 15) is 9.83 Å². The second kappa shape index (κ2) is 6.22. The second-order valence-corrected chi connectivity index (χ2v) is 8.51. The van der Waals surface area contributed by atoms with Crippen molar-refractivity contribution in [1.29, 1.82) is 5.26 Å². The fraction of sp³-hybridized carbons (Fsp3) is 0.600. The van der Waals surface area contributed by atoms with Crippen molar-refractivity contribution in [2.24, 2.45) is 5.41 Å². The summed E-state index contributed by atoms with van der Waals surface area (Å²) in [6, 6.07) is 2.25. The number of anilines is 1. The molecule has 2 aromatic heterocycles. The first-order valence-corrected chi connectivity index (χ1v) is 9.85. The second-order valence-electron chi connectivity index (χ2n) is 6.94. The molecule has 4 heterocycles. The molecule has 27 heavy (non-hydrogen) atoms. The van der Waals surface area contributed by atoms with E-state index >= 15 is 0 Å². The van der Waals surface area contributed by atoms with Gasteiger partial charge < -0.3 is 10.5 Å². The van der Waals surface area contributed by atoms with Gasteiger partial charge in [0.1, 0.15) is 30.1 Å². The Morgan fingerprint density at radius 2 is 2.30 bits per heavy atom. The Morgan fingerprint density at radius 3 is 3.00 bits per heavy atom. The smallest absolute Gasteiger partial charge is 0.381 e. The number of nitriles is 1. The molecule has 0 amide bonds. The predicted octanol–water partition coefficient (Wildman–Crippen LogP) is 1.62. The third-order valence-electron chi connectivity index (χ3n) is 4.63. The van der Waals surface area contributed by atoms with Crippen molar-refractivity contribution in [2.45, 2.75) is 45.2 Å². The van der Waals surface area contributed by atoms with E-state index in [1.807, 2.05) is 0 Å². The van der Waals surface area contributed by atoms with Crippen LogP contribution in [0.2, 0.25) is 0 Å². The van der Waals surface area contributed by atoms with Crippen LogP contribution in [0.25, 0.3) is 5.65 Å². The van der Waals surface area contributed by atoms with E-state index in [1.54, 1.807) is 20.8 Å². The van der Waals surface area contributed by atoms with E-state index in [2.05, 4.69) is 21.1 Å². The Kier molecular flexibility index (Phi) is 4.21. The Bertz CT molecular complexity index is 973. The van der Waals surface area contributed by atoms with Crippen LogP contribution >= 0.6 is 7.82 Å². The highest BCUT2D eigenvalue weighted by Gasteiger charge is 2.61. The Hall–Kier alpha value is -2.09. The molecular formula is C15H19N6O5P. The molecule has 11 nitrogen and oxygen atoms in total. The standard InChI is InChI=1S/C15H19N6O5P/c1-8(2)25-27(22)23-5-10-12(26-27)15(3,6-16)11(24-10)9-4-18-14-13(17)19-7-20-21(9)14/h4,7-8,10-12H,5H2,1-3H3,(H2,17,19,20)/t10-,11+,12-,15+,27+/m1/s1. The fourth-order valence-electron chi connectivity index (χ4n) is 3.40. The van der Waals surface area contributed by atoms with E-state index in [0.717, 1.165) is 0 Å². The van der Waals surface area contributed by atoms with E-state index in [-0.39, 0.29) is 18.5 Å².